The van der Waals surface area contributed by atoms with E-state index in [1.54, 1.807) is 0 Å². The van der Waals surface area contributed by atoms with Crippen molar-refractivity contribution < 1.29 is 9.90 Å². The number of hydrogen-bond acceptors (Lipinski definition) is 4. The summed E-state index contributed by atoms with van der Waals surface area (Å²) in [4.78, 5) is 37.2. The van der Waals surface area contributed by atoms with Crippen molar-refractivity contribution in [1.82, 2.24) is 14.9 Å². The number of aromatic amines is 2. The van der Waals surface area contributed by atoms with Gasteiger partial charge in [-0.1, -0.05) is 20.8 Å². The first-order valence-corrected chi connectivity index (χ1v) is 5.73. The third-order valence-corrected chi connectivity index (χ3v) is 2.33. The van der Waals surface area contributed by atoms with Crippen molar-refractivity contribution in [3.8, 4) is 0 Å². The maximum atomic E-state index is 10.5. The van der Waals surface area contributed by atoms with Gasteiger partial charge in [0.25, 0.3) is 5.56 Å². The number of aromatic nitrogens is 2. The van der Waals surface area contributed by atoms with E-state index < -0.39 is 22.9 Å². The topological polar surface area (TPSA) is 106 Å². The minimum absolute atomic E-state index is 0.418. The van der Waals surface area contributed by atoms with E-state index in [4.69, 9.17) is 5.11 Å². The smallest absolute Gasteiger partial charge is 0.352 e. The second-order valence-electron chi connectivity index (χ2n) is 3.43. The van der Waals surface area contributed by atoms with Crippen LogP contribution in [0.5, 0.6) is 0 Å². The molecule has 0 bridgehead atoms. The summed E-state index contributed by atoms with van der Waals surface area (Å²) < 4.78 is 0. The summed E-state index contributed by atoms with van der Waals surface area (Å²) in [6, 6.07) is 0.795. The van der Waals surface area contributed by atoms with E-state index in [9.17, 15) is 14.4 Å². The average molecular weight is 257 g/mol. The van der Waals surface area contributed by atoms with Gasteiger partial charge in [0.1, 0.15) is 5.69 Å². The second-order valence-corrected chi connectivity index (χ2v) is 3.43. The SMILES string of the molecule is CCN(CC)CC.O=C(O)c1cc(=O)[nH]c(=O)[nH]1. The van der Waals surface area contributed by atoms with Crippen molar-refractivity contribution in [3.05, 3.63) is 32.6 Å². The van der Waals surface area contributed by atoms with E-state index in [0.717, 1.165) is 6.07 Å². The van der Waals surface area contributed by atoms with Gasteiger partial charge in [0, 0.05) is 6.07 Å². The number of nitrogens with one attached hydrogen (secondary N) is 2. The molecule has 0 fully saturated rings. The Morgan fingerprint density at radius 1 is 1.17 bits per heavy atom. The molecule has 102 valence electrons. The summed E-state index contributed by atoms with van der Waals surface area (Å²) >= 11 is 0. The van der Waals surface area contributed by atoms with Crippen LogP contribution in [-0.2, 0) is 0 Å². The van der Waals surface area contributed by atoms with Crippen molar-refractivity contribution in [2.24, 2.45) is 0 Å². The Balaban J connectivity index is 0.000000360. The lowest BCUT2D eigenvalue weighted by atomic mass is 10.4. The zero-order chi connectivity index (χ0) is 14.1. The Hall–Kier alpha value is -1.89. The van der Waals surface area contributed by atoms with Crippen LogP contribution in [0.1, 0.15) is 31.3 Å². The number of rotatable bonds is 4. The Labute approximate surface area is 104 Å². The van der Waals surface area contributed by atoms with E-state index in [1.807, 2.05) is 9.97 Å². The van der Waals surface area contributed by atoms with Gasteiger partial charge in [0.2, 0.25) is 0 Å². The van der Waals surface area contributed by atoms with E-state index in [-0.39, 0.29) is 0 Å². The van der Waals surface area contributed by atoms with Crippen LogP contribution >= 0.6 is 0 Å². The van der Waals surface area contributed by atoms with Crippen LogP contribution in [0.4, 0.5) is 0 Å². The zero-order valence-electron chi connectivity index (χ0n) is 10.8. The lowest BCUT2D eigenvalue weighted by molar-refractivity contribution is 0.0689. The number of carbonyl (C=O) groups is 1. The molecule has 0 amide bonds. The molecule has 0 aliphatic rings. The van der Waals surface area contributed by atoms with Crippen molar-refractivity contribution in [2.45, 2.75) is 20.8 Å². The lowest BCUT2D eigenvalue weighted by Crippen LogP contribution is -2.24. The van der Waals surface area contributed by atoms with Gasteiger partial charge in [-0.05, 0) is 19.6 Å². The van der Waals surface area contributed by atoms with Crippen LogP contribution in [-0.4, -0.2) is 45.6 Å². The summed E-state index contributed by atoms with van der Waals surface area (Å²) in [5.74, 6) is -1.34. The number of nitrogens with zero attached hydrogens (tertiary/aromatic N) is 1. The summed E-state index contributed by atoms with van der Waals surface area (Å²) in [6.07, 6.45) is 0. The highest BCUT2D eigenvalue weighted by Gasteiger charge is 2.03. The maximum Gasteiger partial charge on any atom is 0.352 e. The highest BCUT2D eigenvalue weighted by atomic mass is 16.4. The molecular formula is C11H19N3O4. The molecule has 0 aliphatic carbocycles. The van der Waals surface area contributed by atoms with Gasteiger partial charge in [-0.2, -0.15) is 0 Å². The van der Waals surface area contributed by atoms with E-state index in [1.165, 1.54) is 19.6 Å². The van der Waals surface area contributed by atoms with Crippen molar-refractivity contribution >= 4 is 5.97 Å². The van der Waals surface area contributed by atoms with Crippen molar-refractivity contribution in [1.29, 1.82) is 0 Å². The Morgan fingerprint density at radius 2 is 1.67 bits per heavy atom. The third kappa shape index (κ3) is 6.00. The number of H-pyrrole nitrogens is 2. The third-order valence-electron chi connectivity index (χ3n) is 2.33. The van der Waals surface area contributed by atoms with E-state index >= 15 is 0 Å². The van der Waals surface area contributed by atoms with Crippen LogP contribution in [0, 0.1) is 0 Å². The molecule has 1 heterocycles. The molecule has 0 spiro atoms. The van der Waals surface area contributed by atoms with Crippen LogP contribution < -0.4 is 11.2 Å². The average Bonchev–Trinajstić information content (AvgIpc) is 2.31. The molecule has 7 heteroatoms. The summed E-state index contributed by atoms with van der Waals surface area (Å²) in [5, 5.41) is 8.31. The molecule has 18 heavy (non-hydrogen) atoms. The first-order valence-electron chi connectivity index (χ1n) is 5.73. The molecular weight excluding hydrogens is 238 g/mol. The quantitative estimate of drug-likeness (QED) is 0.709. The monoisotopic (exact) mass is 257 g/mol. The van der Waals surface area contributed by atoms with Gasteiger partial charge >= 0.3 is 11.7 Å². The van der Waals surface area contributed by atoms with E-state index in [2.05, 4.69) is 25.7 Å². The number of carboxylic acid groups (broad SMARTS) is 1. The first kappa shape index (κ1) is 16.1. The van der Waals surface area contributed by atoms with Crippen LogP contribution in [0.25, 0.3) is 0 Å². The lowest BCUT2D eigenvalue weighted by Gasteiger charge is -2.13. The van der Waals surface area contributed by atoms with Crippen LogP contribution in [0.2, 0.25) is 0 Å². The highest BCUT2D eigenvalue weighted by Crippen LogP contribution is 1.82. The predicted octanol–water partition coefficient (Wildman–Crippen LogP) is 0.110. The second kappa shape index (κ2) is 8.24. The van der Waals surface area contributed by atoms with Crippen molar-refractivity contribution in [2.75, 3.05) is 19.6 Å². The number of carboxylic acids is 1. The molecule has 3 N–H and O–H groups in total. The number of hydrogen-bond donors (Lipinski definition) is 3. The van der Waals surface area contributed by atoms with Gasteiger partial charge < -0.3 is 15.0 Å². The van der Waals surface area contributed by atoms with Gasteiger partial charge in [-0.25, -0.2) is 9.59 Å². The van der Waals surface area contributed by atoms with Crippen molar-refractivity contribution in [3.63, 3.8) is 0 Å². The molecule has 0 saturated carbocycles. The fraction of sp³-hybridized carbons (Fsp3) is 0.545. The van der Waals surface area contributed by atoms with Gasteiger partial charge in [-0.3, -0.25) is 9.78 Å². The van der Waals surface area contributed by atoms with Gasteiger partial charge in [0.05, 0.1) is 0 Å². The van der Waals surface area contributed by atoms with E-state index in [0.29, 0.717) is 0 Å². The van der Waals surface area contributed by atoms with Crippen LogP contribution in [0.15, 0.2) is 15.7 Å². The highest BCUT2D eigenvalue weighted by molar-refractivity contribution is 5.84. The molecule has 0 aromatic carbocycles. The molecule has 1 rings (SSSR count). The molecule has 0 saturated heterocycles. The molecule has 1 aromatic rings. The Kier molecular flexibility index (Phi) is 7.37. The maximum absolute atomic E-state index is 10.5. The summed E-state index contributed by atoms with van der Waals surface area (Å²) in [7, 11) is 0. The minimum atomic E-state index is -1.34. The standard InChI is InChI=1S/C6H15N.C5H4N2O4/c1-4-7(5-2)6-3;8-3-1-2(4(9)10)6-5(11)7-3/h4-6H2,1-3H3;1H,(H,9,10)(H2,6,7,8,11). The summed E-state index contributed by atoms with van der Waals surface area (Å²) in [5.41, 5.74) is -1.97. The molecule has 0 atom stereocenters. The van der Waals surface area contributed by atoms with Crippen LogP contribution in [0.3, 0.4) is 0 Å². The molecule has 0 aliphatic heterocycles. The Bertz CT molecular complexity index is 440. The minimum Gasteiger partial charge on any atom is -0.477 e. The molecule has 1 aromatic heterocycles. The molecule has 0 radical (unpaired) electrons. The fourth-order valence-corrected chi connectivity index (χ4v) is 1.25. The fourth-order valence-electron chi connectivity index (χ4n) is 1.25. The predicted molar refractivity (Wildman–Crippen MR) is 68.1 cm³/mol. The molecule has 7 nitrogen and oxygen atoms in total. The summed E-state index contributed by atoms with van der Waals surface area (Å²) in [6.45, 7) is 10.1. The number of aromatic carboxylic acids is 1. The normalized spacial score (nSPS) is 9.78. The molecule has 0 unspecified atom stereocenters. The van der Waals surface area contributed by atoms with Gasteiger partial charge in [0.15, 0.2) is 0 Å². The Morgan fingerprint density at radius 3 is 1.94 bits per heavy atom. The van der Waals surface area contributed by atoms with Gasteiger partial charge in [-0.15, -0.1) is 0 Å². The largest absolute Gasteiger partial charge is 0.477 e. The zero-order valence-corrected chi connectivity index (χ0v) is 10.8. The first-order chi connectivity index (χ1) is 8.44.